The number of aryl methyl sites for hydroxylation is 1. The van der Waals surface area contributed by atoms with E-state index in [9.17, 15) is 9.59 Å². The van der Waals surface area contributed by atoms with Gasteiger partial charge in [-0.05, 0) is 6.07 Å². The van der Waals surface area contributed by atoms with E-state index in [1.54, 1.807) is 17.9 Å². The summed E-state index contributed by atoms with van der Waals surface area (Å²) < 4.78 is 1.68. The molecule has 0 aliphatic heterocycles. The molecule has 7 heteroatoms. The summed E-state index contributed by atoms with van der Waals surface area (Å²) in [5.74, 6) is -2.06. The molecule has 0 aliphatic carbocycles. The van der Waals surface area contributed by atoms with Gasteiger partial charge in [-0.1, -0.05) is 0 Å². The SMILES string of the molecule is Cn1nccc1CCN(CC(=O)O)CC(=O)O. The van der Waals surface area contributed by atoms with Crippen molar-refractivity contribution in [2.45, 2.75) is 6.42 Å². The van der Waals surface area contributed by atoms with Crippen molar-refractivity contribution in [3.63, 3.8) is 0 Å². The van der Waals surface area contributed by atoms with Gasteiger partial charge in [-0.3, -0.25) is 19.2 Å². The van der Waals surface area contributed by atoms with Crippen LogP contribution in [0.3, 0.4) is 0 Å². The van der Waals surface area contributed by atoms with Gasteiger partial charge in [0.15, 0.2) is 0 Å². The summed E-state index contributed by atoms with van der Waals surface area (Å²) in [4.78, 5) is 22.5. The zero-order valence-corrected chi connectivity index (χ0v) is 9.54. The molecule has 0 fully saturated rings. The molecular formula is C10H15N3O4. The summed E-state index contributed by atoms with van der Waals surface area (Å²) in [5.41, 5.74) is 0.936. The van der Waals surface area contributed by atoms with Crippen LogP contribution >= 0.6 is 0 Å². The lowest BCUT2D eigenvalue weighted by atomic mass is 10.3. The van der Waals surface area contributed by atoms with Crippen molar-refractivity contribution < 1.29 is 19.8 Å². The van der Waals surface area contributed by atoms with Crippen LogP contribution in [0.4, 0.5) is 0 Å². The minimum absolute atomic E-state index is 0.274. The molecule has 17 heavy (non-hydrogen) atoms. The Morgan fingerprint density at radius 1 is 1.35 bits per heavy atom. The fourth-order valence-electron chi connectivity index (χ4n) is 1.52. The zero-order valence-electron chi connectivity index (χ0n) is 9.54. The maximum atomic E-state index is 10.6. The summed E-state index contributed by atoms with van der Waals surface area (Å²) in [6, 6.07) is 1.82. The number of hydrogen-bond acceptors (Lipinski definition) is 4. The molecule has 94 valence electrons. The lowest BCUT2D eigenvalue weighted by molar-refractivity contribution is -0.141. The van der Waals surface area contributed by atoms with Crippen LogP contribution in [0.15, 0.2) is 12.3 Å². The Labute approximate surface area is 98.3 Å². The Balaban J connectivity index is 2.51. The summed E-state index contributed by atoms with van der Waals surface area (Å²) in [6.07, 6.45) is 2.21. The summed E-state index contributed by atoms with van der Waals surface area (Å²) in [5, 5.41) is 21.3. The largest absolute Gasteiger partial charge is 0.480 e. The molecule has 0 spiro atoms. The van der Waals surface area contributed by atoms with Gasteiger partial charge in [-0.25, -0.2) is 0 Å². The number of aromatic nitrogens is 2. The van der Waals surface area contributed by atoms with Crippen molar-refractivity contribution in [1.29, 1.82) is 0 Å². The molecule has 0 radical (unpaired) electrons. The molecule has 7 nitrogen and oxygen atoms in total. The van der Waals surface area contributed by atoms with Gasteiger partial charge in [0.1, 0.15) is 0 Å². The summed E-state index contributed by atoms with van der Waals surface area (Å²) in [7, 11) is 1.79. The molecule has 0 aliphatic rings. The van der Waals surface area contributed by atoms with Crippen LogP contribution in [0.5, 0.6) is 0 Å². The third-order valence-corrected chi connectivity index (χ3v) is 2.32. The predicted octanol–water partition coefficient (Wildman–Crippen LogP) is -0.566. The van der Waals surface area contributed by atoms with E-state index >= 15 is 0 Å². The van der Waals surface area contributed by atoms with Crippen LogP contribution in [0.2, 0.25) is 0 Å². The van der Waals surface area contributed by atoms with Gasteiger partial charge < -0.3 is 10.2 Å². The van der Waals surface area contributed by atoms with Crippen LogP contribution in [-0.4, -0.2) is 56.5 Å². The minimum atomic E-state index is -1.03. The second-order valence-electron chi connectivity index (χ2n) is 3.69. The summed E-state index contributed by atoms with van der Waals surface area (Å²) in [6.45, 7) is -0.174. The van der Waals surface area contributed by atoms with E-state index in [1.165, 1.54) is 4.90 Å². The van der Waals surface area contributed by atoms with E-state index in [0.717, 1.165) is 5.69 Å². The van der Waals surface area contributed by atoms with Crippen molar-refractivity contribution in [1.82, 2.24) is 14.7 Å². The highest BCUT2D eigenvalue weighted by atomic mass is 16.4. The second kappa shape index (κ2) is 6.00. The molecule has 0 saturated heterocycles. The van der Waals surface area contributed by atoms with Gasteiger partial charge in [0.25, 0.3) is 0 Å². The van der Waals surface area contributed by atoms with Gasteiger partial charge in [-0.2, -0.15) is 5.10 Å². The van der Waals surface area contributed by atoms with Crippen molar-refractivity contribution in [2.75, 3.05) is 19.6 Å². The molecule has 1 aromatic heterocycles. The maximum absolute atomic E-state index is 10.6. The molecule has 1 heterocycles. The Hall–Kier alpha value is -1.89. The number of carboxylic acid groups (broad SMARTS) is 2. The molecule has 0 unspecified atom stereocenters. The molecule has 0 aromatic carbocycles. The van der Waals surface area contributed by atoms with Gasteiger partial charge in [-0.15, -0.1) is 0 Å². The van der Waals surface area contributed by atoms with E-state index in [0.29, 0.717) is 13.0 Å². The van der Waals surface area contributed by atoms with Crippen LogP contribution < -0.4 is 0 Å². The minimum Gasteiger partial charge on any atom is -0.480 e. The fraction of sp³-hybridized carbons (Fsp3) is 0.500. The van der Waals surface area contributed by atoms with Gasteiger partial charge in [0, 0.05) is 31.9 Å². The third kappa shape index (κ3) is 4.64. The Bertz CT molecular complexity index is 386. The van der Waals surface area contributed by atoms with Crippen molar-refractivity contribution in [2.24, 2.45) is 7.05 Å². The smallest absolute Gasteiger partial charge is 0.317 e. The van der Waals surface area contributed by atoms with E-state index in [1.807, 2.05) is 6.07 Å². The van der Waals surface area contributed by atoms with E-state index in [-0.39, 0.29) is 13.1 Å². The molecule has 1 rings (SSSR count). The van der Waals surface area contributed by atoms with E-state index < -0.39 is 11.9 Å². The van der Waals surface area contributed by atoms with Gasteiger partial charge in [0.05, 0.1) is 13.1 Å². The molecule has 2 N–H and O–H groups in total. The number of aliphatic carboxylic acids is 2. The average molecular weight is 241 g/mol. The van der Waals surface area contributed by atoms with Crippen LogP contribution in [-0.2, 0) is 23.1 Å². The third-order valence-electron chi connectivity index (χ3n) is 2.32. The van der Waals surface area contributed by atoms with Crippen molar-refractivity contribution in [3.8, 4) is 0 Å². The maximum Gasteiger partial charge on any atom is 0.317 e. The second-order valence-corrected chi connectivity index (χ2v) is 3.69. The topological polar surface area (TPSA) is 95.7 Å². The highest BCUT2D eigenvalue weighted by molar-refractivity contribution is 5.72. The van der Waals surface area contributed by atoms with Crippen LogP contribution in [0.25, 0.3) is 0 Å². The molecular weight excluding hydrogens is 226 g/mol. The fourth-order valence-corrected chi connectivity index (χ4v) is 1.52. The number of carboxylic acids is 2. The van der Waals surface area contributed by atoms with E-state index in [2.05, 4.69) is 5.10 Å². The van der Waals surface area contributed by atoms with E-state index in [4.69, 9.17) is 10.2 Å². The molecule has 0 saturated carbocycles. The molecule has 0 amide bonds. The monoisotopic (exact) mass is 241 g/mol. The average Bonchev–Trinajstić information content (AvgIpc) is 2.59. The van der Waals surface area contributed by atoms with Gasteiger partial charge >= 0.3 is 11.9 Å². The number of rotatable bonds is 7. The van der Waals surface area contributed by atoms with Crippen LogP contribution in [0.1, 0.15) is 5.69 Å². The number of nitrogens with zero attached hydrogens (tertiary/aromatic N) is 3. The zero-order chi connectivity index (χ0) is 12.8. The first-order chi connectivity index (χ1) is 7.99. The normalized spacial score (nSPS) is 10.7. The highest BCUT2D eigenvalue weighted by Gasteiger charge is 2.13. The number of hydrogen-bond donors (Lipinski definition) is 2. The standard InChI is InChI=1S/C10H15N3O4/c1-12-8(2-4-11-12)3-5-13(6-9(14)15)7-10(16)17/h2,4H,3,5-7H2,1H3,(H,14,15)(H,16,17). The first kappa shape index (κ1) is 13.2. The number of carbonyl (C=O) groups is 2. The first-order valence-electron chi connectivity index (χ1n) is 5.12. The Morgan fingerprint density at radius 2 is 1.94 bits per heavy atom. The van der Waals surface area contributed by atoms with Crippen molar-refractivity contribution in [3.05, 3.63) is 18.0 Å². The Morgan fingerprint density at radius 3 is 2.35 bits per heavy atom. The first-order valence-corrected chi connectivity index (χ1v) is 5.12. The van der Waals surface area contributed by atoms with Crippen molar-refractivity contribution >= 4 is 11.9 Å². The molecule has 0 atom stereocenters. The summed E-state index contributed by atoms with van der Waals surface area (Å²) >= 11 is 0. The molecule has 0 bridgehead atoms. The molecule has 1 aromatic rings. The highest BCUT2D eigenvalue weighted by Crippen LogP contribution is 2.00. The quantitative estimate of drug-likeness (QED) is 0.664. The Kier molecular flexibility index (Phi) is 4.65. The van der Waals surface area contributed by atoms with Gasteiger partial charge in [0.2, 0.25) is 0 Å². The lowest BCUT2D eigenvalue weighted by Crippen LogP contribution is -2.36. The lowest BCUT2D eigenvalue weighted by Gasteiger charge is -2.17. The van der Waals surface area contributed by atoms with Crippen LogP contribution in [0, 0.1) is 0 Å². The predicted molar refractivity (Wildman–Crippen MR) is 58.6 cm³/mol.